The number of benzene rings is 2. The molecule has 0 aliphatic heterocycles. The number of rotatable bonds is 7. The largest absolute Gasteiger partial charge is 0.399 e. The first-order valence-corrected chi connectivity index (χ1v) is 7.33. The van der Waals surface area contributed by atoms with Crippen LogP contribution in [-0.4, -0.2) is 12.7 Å². The molecule has 2 aromatic carbocycles. The predicted molar refractivity (Wildman–Crippen MR) is 90.0 cm³/mol. The molecule has 0 radical (unpaired) electrons. The van der Waals surface area contributed by atoms with Crippen LogP contribution in [0.1, 0.15) is 17.5 Å². The Balaban J connectivity index is 1.80. The summed E-state index contributed by atoms with van der Waals surface area (Å²) in [5, 5.41) is 3.31. The molecule has 1 atom stereocenters. The average molecular weight is 284 g/mol. The molecule has 4 nitrogen and oxygen atoms in total. The summed E-state index contributed by atoms with van der Waals surface area (Å²) in [6.07, 6.45) is 2.64. The van der Waals surface area contributed by atoms with E-state index in [1.807, 2.05) is 36.4 Å². The molecule has 0 amide bonds. The highest BCUT2D eigenvalue weighted by molar-refractivity contribution is 5.45. The molecular weight excluding hydrogens is 260 g/mol. The summed E-state index contributed by atoms with van der Waals surface area (Å²) in [6.45, 7) is 0.674. The van der Waals surface area contributed by atoms with Crippen molar-refractivity contribution in [3.8, 4) is 0 Å². The molecule has 4 heteroatoms. The smallest absolute Gasteiger partial charge is 0.0746 e. The average Bonchev–Trinajstić information content (AvgIpc) is 2.49. The molecule has 0 spiro atoms. The molecule has 21 heavy (non-hydrogen) atoms. The Kier molecular flexibility index (Phi) is 5.60. The standard InChI is InChI=1S/C17H24N4/c18-12-11-14-3-8-16(9-4-14)21-17(20)10-5-13-1-6-15(19)7-2-13/h1-4,6-9,17,21H,5,10-12,18-20H2. The van der Waals surface area contributed by atoms with Crippen molar-refractivity contribution >= 4 is 11.4 Å². The Morgan fingerprint density at radius 3 is 2.05 bits per heavy atom. The van der Waals surface area contributed by atoms with Crippen LogP contribution < -0.4 is 22.5 Å². The maximum atomic E-state index is 6.12. The van der Waals surface area contributed by atoms with Gasteiger partial charge in [-0.05, 0) is 61.2 Å². The predicted octanol–water partition coefficient (Wildman–Crippen LogP) is 2.10. The molecule has 2 aromatic rings. The van der Waals surface area contributed by atoms with E-state index in [9.17, 15) is 0 Å². The van der Waals surface area contributed by atoms with Gasteiger partial charge in [-0.3, -0.25) is 0 Å². The van der Waals surface area contributed by atoms with Gasteiger partial charge in [0.25, 0.3) is 0 Å². The topological polar surface area (TPSA) is 90.1 Å². The maximum absolute atomic E-state index is 6.12. The van der Waals surface area contributed by atoms with Crippen molar-refractivity contribution < 1.29 is 0 Å². The fourth-order valence-corrected chi connectivity index (χ4v) is 2.23. The molecule has 1 unspecified atom stereocenters. The number of hydrogen-bond donors (Lipinski definition) is 4. The number of nitrogens with one attached hydrogen (secondary N) is 1. The lowest BCUT2D eigenvalue weighted by Gasteiger charge is -2.15. The van der Waals surface area contributed by atoms with Crippen LogP contribution in [0.3, 0.4) is 0 Å². The molecule has 7 N–H and O–H groups in total. The fraction of sp³-hybridized carbons (Fsp3) is 0.294. The lowest BCUT2D eigenvalue weighted by Crippen LogP contribution is -2.30. The minimum absolute atomic E-state index is 0.0667. The van der Waals surface area contributed by atoms with E-state index < -0.39 is 0 Å². The van der Waals surface area contributed by atoms with Crippen LogP contribution in [0.4, 0.5) is 11.4 Å². The highest BCUT2D eigenvalue weighted by Gasteiger charge is 2.03. The first-order valence-electron chi connectivity index (χ1n) is 7.33. The molecule has 0 saturated carbocycles. The zero-order chi connectivity index (χ0) is 15.1. The SMILES string of the molecule is NCCc1ccc(NC(N)CCc2ccc(N)cc2)cc1. The summed E-state index contributed by atoms with van der Waals surface area (Å²) in [5.41, 5.74) is 21.7. The van der Waals surface area contributed by atoms with E-state index in [1.54, 1.807) is 0 Å². The van der Waals surface area contributed by atoms with Crippen LogP contribution in [0, 0.1) is 0 Å². The van der Waals surface area contributed by atoms with E-state index in [0.717, 1.165) is 30.6 Å². The summed E-state index contributed by atoms with van der Waals surface area (Å²) < 4.78 is 0. The van der Waals surface area contributed by atoms with Crippen molar-refractivity contribution in [3.05, 3.63) is 59.7 Å². The molecule has 0 bridgehead atoms. The molecule has 0 aliphatic carbocycles. The summed E-state index contributed by atoms with van der Waals surface area (Å²) in [5.74, 6) is 0. The van der Waals surface area contributed by atoms with E-state index in [1.165, 1.54) is 11.1 Å². The third-order valence-corrected chi connectivity index (χ3v) is 3.46. The Bertz CT molecular complexity index is 534. The molecule has 2 rings (SSSR count). The zero-order valence-electron chi connectivity index (χ0n) is 12.3. The Morgan fingerprint density at radius 1 is 0.857 bits per heavy atom. The summed E-state index contributed by atoms with van der Waals surface area (Å²) in [4.78, 5) is 0. The number of hydrogen-bond acceptors (Lipinski definition) is 4. The van der Waals surface area contributed by atoms with E-state index in [-0.39, 0.29) is 6.17 Å². The first-order chi connectivity index (χ1) is 10.2. The lowest BCUT2D eigenvalue weighted by molar-refractivity contribution is 0.679. The Hall–Kier alpha value is -2.04. The van der Waals surface area contributed by atoms with Gasteiger partial charge in [-0.2, -0.15) is 0 Å². The van der Waals surface area contributed by atoms with Gasteiger partial charge in [-0.25, -0.2) is 0 Å². The van der Waals surface area contributed by atoms with E-state index in [4.69, 9.17) is 17.2 Å². The lowest BCUT2D eigenvalue weighted by atomic mass is 10.1. The van der Waals surface area contributed by atoms with Crippen molar-refractivity contribution in [2.45, 2.75) is 25.4 Å². The third kappa shape index (κ3) is 5.10. The number of aryl methyl sites for hydroxylation is 1. The number of nitrogen functional groups attached to an aromatic ring is 1. The van der Waals surface area contributed by atoms with Gasteiger partial charge in [0.1, 0.15) is 0 Å². The van der Waals surface area contributed by atoms with E-state index in [0.29, 0.717) is 6.54 Å². The van der Waals surface area contributed by atoms with E-state index >= 15 is 0 Å². The summed E-state index contributed by atoms with van der Waals surface area (Å²) in [7, 11) is 0. The second-order valence-corrected chi connectivity index (χ2v) is 5.27. The zero-order valence-corrected chi connectivity index (χ0v) is 12.3. The second kappa shape index (κ2) is 7.67. The monoisotopic (exact) mass is 284 g/mol. The van der Waals surface area contributed by atoms with Crippen molar-refractivity contribution in [1.29, 1.82) is 0 Å². The number of anilines is 2. The van der Waals surface area contributed by atoms with Crippen molar-refractivity contribution in [2.75, 3.05) is 17.6 Å². The molecular formula is C17H24N4. The number of nitrogens with two attached hydrogens (primary N) is 3. The second-order valence-electron chi connectivity index (χ2n) is 5.27. The molecule has 0 fully saturated rings. The highest BCUT2D eigenvalue weighted by Crippen LogP contribution is 2.13. The van der Waals surface area contributed by atoms with Gasteiger partial charge in [-0.1, -0.05) is 24.3 Å². The van der Waals surface area contributed by atoms with Crippen LogP contribution in [0.5, 0.6) is 0 Å². The van der Waals surface area contributed by atoms with Gasteiger partial charge >= 0.3 is 0 Å². The van der Waals surface area contributed by atoms with Crippen LogP contribution in [-0.2, 0) is 12.8 Å². The summed E-state index contributed by atoms with van der Waals surface area (Å²) >= 11 is 0. The van der Waals surface area contributed by atoms with Gasteiger partial charge in [0, 0.05) is 11.4 Å². The van der Waals surface area contributed by atoms with Crippen LogP contribution >= 0.6 is 0 Å². The molecule has 0 aliphatic rings. The molecule has 0 saturated heterocycles. The van der Waals surface area contributed by atoms with Crippen LogP contribution in [0.25, 0.3) is 0 Å². The molecule has 112 valence electrons. The van der Waals surface area contributed by atoms with Gasteiger partial charge in [-0.15, -0.1) is 0 Å². The van der Waals surface area contributed by atoms with Crippen molar-refractivity contribution in [1.82, 2.24) is 0 Å². The van der Waals surface area contributed by atoms with Crippen LogP contribution in [0.2, 0.25) is 0 Å². The van der Waals surface area contributed by atoms with E-state index in [2.05, 4.69) is 17.4 Å². The van der Waals surface area contributed by atoms with Gasteiger partial charge in [0.2, 0.25) is 0 Å². The minimum Gasteiger partial charge on any atom is -0.399 e. The van der Waals surface area contributed by atoms with Gasteiger partial charge in [0.05, 0.1) is 6.17 Å². The quantitative estimate of drug-likeness (QED) is 0.463. The normalized spacial score (nSPS) is 12.1. The molecule has 0 heterocycles. The highest BCUT2D eigenvalue weighted by atomic mass is 15.0. The molecule has 0 aromatic heterocycles. The maximum Gasteiger partial charge on any atom is 0.0746 e. The van der Waals surface area contributed by atoms with Crippen molar-refractivity contribution in [3.63, 3.8) is 0 Å². The van der Waals surface area contributed by atoms with Crippen molar-refractivity contribution in [2.24, 2.45) is 11.5 Å². The Labute approximate surface area is 126 Å². The van der Waals surface area contributed by atoms with Gasteiger partial charge < -0.3 is 22.5 Å². The fourth-order valence-electron chi connectivity index (χ4n) is 2.23. The van der Waals surface area contributed by atoms with Gasteiger partial charge in [0.15, 0.2) is 0 Å². The summed E-state index contributed by atoms with van der Waals surface area (Å²) in [6, 6.07) is 16.2. The van der Waals surface area contributed by atoms with Crippen LogP contribution in [0.15, 0.2) is 48.5 Å². The Morgan fingerprint density at radius 2 is 1.43 bits per heavy atom. The third-order valence-electron chi connectivity index (χ3n) is 3.46. The minimum atomic E-state index is -0.0667. The first kappa shape index (κ1) is 15.4.